The fourth-order valence-corrected chi connectivity index (χ4v) is 2.57. The van der Waals surface area contributed by atoms with Crippen LogP contribution in [0.1, 0.15) is 26.3 Å². The van der Waals surface area contributed by atoms with Crippen LogP contribution in [-0.4, -0.2) is 17.8 Å². The zero-order valence-electron chi connectivity index (χ0n) is 15.8. The summed E-state index contributed by atoms with van der Waals surface area (Å²) < 4.78 is 0. The summed E-state index contributed by atoms with van der Waals surface area (Å²) in [6.07, 6.45) is 1.40. The normalized spacial score (nSPS) is 11.6. The molecular formula is C21H21N3O3. The van der Waals surface area contributed by atoms with Crippen molar-refractivity contribution < 1.29 is 9.72 Å². The average Bonchev–Trinajstić information content (AvgIpc) is 2.64. The Morgan fingerprint density at radius 3 is 2.33 bits per heavy atom. The number of benzene rings is 2. The third-order valence-corrected chi connectivity index (χ3v) is 4.06. The van der Waals surface area contributed by atoms with Gasteiger partial charge in [0.15, 0.2) is 5.78 Å². The first-order valence-corrected chi connectivity index (χ1v) is 8.39. The second kappa shape index (κ2) is 7.83. The lowest BCUT2D eigenvalue weighted by Crippen LogP contribution is -2.21. The first-order valence-electron chi connectivity index (χ1n) is 8.39. The number of Topliss-reactive ketones (excluding diaryl/α,β-unsaturated/α-hetero) is 1. The Morgan fingerprint density at radius 1 is 1.19 bits per heavy atom. The first kappa shape index (κ1) is 19.9. The predicted molar refractivity (Wildman–Crippen MR) is 106 cm³/mol. The number of carbonyl (C=O) groups is 1. The summed E-state index contributed by atoms with van der Waals surface area (Å²) in [5, 5.41) is 20.9. The van der Waals surface area contributed by atoms with E-state index in [1.165, 1.54) is 12.1 Å². The second-order valence-corrected chi connectivity index (χ2v) is 7.15. The zero-order valence-corrected chi connectivity index (χ0v) is 15.8. The maximum Gasteiger partial charge on any atom is 0.293 e. The fourth-order valence-electron chi connectivity index (χ4n) is 2.57. The van der Waals surface area contributed by atoms with Crippen molar-refractivity contribution in [3.05, 3.63) is 69.8 Å². The van der Waals surface area contributed by atoms with E-state index in [9.17, 15) is 20.2 Å². The quantitative estimate of drug-likeness (QED) is 0.327. The van der Waals surface area contributed by atoms with Gasteiger partial charge in [-0.3, -0.25) is 14.9 Å². The van der Waals surface area contributed by atoms with Crippen LogP contribution in [0.2, 0.25) is 0 Å². The highest BCUT2D eigenvalue weighted by Gasteiger charge is 2.25. The van der Waals surface area contributed by atoms with Gasteiger partial charge < -0.3 is 4.90 Å². The van der Waals surface area contributed by atoms with E-state index in [-0.39, 0.29) is 17.0 Å². The number of nitro benzene ring substituents is 1. The highest BCUT2D eigenvalue weighted by Crippen LogP contribution is 2.34. The summed E-state index contributed by atoms with van der Waals surface area (Å²) in [4.78, 5) is 25.2. The van der Waals surface area contributed by atoms with Crippen LogP contribution in [0.3, 0.4) is 0 Å². The summed E-state index contributed by atoms with van der Waals surface area (Å²) in [5.41, 5.74) is 0.826. The van der Waals surface area contributed by atoms with Gasteiger partial charge in [0.2, 0.25) is 0 Å². The molecule has 2 aromatic rings. The van der Waals surface area contributed by atoms with Crippen LogP contribution in [0.25, 0.3) is 6.08 Å². The molecule has 0 heterocycles. The zero-order chi connectivity index (χ0) is 20.2. The van der Waals surface area contributed by atoms with Gasteiger partial charge in [-0.2, -0.15) is 5.26 Å². The Morgan fingerprint density at radius 2 is 1.81 bits per heavy atom. The third kappa shape index (κ3) is 4.59. The SMILES string of the molecule is CN(c1ccccc1)c1ccc(/C=C(\C#N)C(=O)C(C)(C)C)cc1[N+](=O)[O-]. The largest absolute Gasteiger partial charge is 0.339 e. The lowest BCUT2D eigenvalue weighted by molar-refractivity contribution is -0.384. The van der Waals surface area contributed by atoms with Gasteiger partial charge in [-0.15, -0.1) is 0 Å². The number of nitriles is 1. The van der Waals surface area contributed by atoms with E-state index in [2.05, 4.69) is 0 Å². The number of para-hydroxylation sites is 1. The molecule has 0 fully saturated rings. The molecular weight excluding hydrogens is 342 g/mol. The molecule has 0 saturated carbocycles. The van der Waals surface area contributed by atoms with Gasteiger partial charge in [-0.1, -0.05) is 45.0 Å². The Hall–Kier alpha value is -3.46. The van der Waals surface area contributed by atoms with E-state index in [0.717, 1.165) is 5.69 Å². The lowest BCUT2D eigenvalue weighted by atomic mass is 9.86. The molecule has 6 nitrogen and oxygen atoms in total. The molecule has 0 aromatic heterocycles. The molecule has 2 aromatic carbocycles. The van der Waals surface area contributed by atoms with E-state index in [0.29, 0.717) is 11.3 Å². The van der Waals surface area contributed by atoms with E-state index >= 15 is 0 Å². The molecule has 0 N–H and O–H groups in total. The summed E-state index contributed by atoms with van der Waals surface area (Å²) in [7, 11) is 1.75. The van der Waals surface area contributed by atoms with Crippen LogP contribution in [0.15, 0.2) is 54.1 Å². The minimum Gasteiger partial charge on any atom is -0.339 e. The van der Waals surface area contributed by atoms with Crippen molar-refractivity contribution in [1.29, 1.82) is 5.26 Å². The number of nitrogens with zero attached hydrogens (tertiary/aromatic N) is 3. The maximum absolute atomic E-state index is 12.3. The minimum absolute atomic E-state index is 0.0269. The van der Waals surface area contributed by atoms with Crippen molar-refractivity contribution in [3.8, 4) is 6.07 Å². The van der Waals surface area contributed by atoms with Crippen molar-refractivity contribution in [2.75, 3.05) is 11.9 Å². The molecule has 0 aliphatic heterocycles. The topological polar surface area (TPSA) is 87.2 Å². The summed E-state index contributed by atoms with van der Waals surface area (Å²) in [5.74, 6) is -0.307. The van der Waals surface area contributed by atoms with Gasteiger partial charge in [0.25, 0.3) is 5.69 Å². The number of nitro groups is 1. The summed E-state index contributed by atoms with van der Waals surface area (Å²) in [6, 6.07) is 15.8. The number of hydrogen-bond acceptors (Lipinski definition) is 5. The van der Waals surface area contributed by atoms with E-state index < -0.39 is 10.3 Å². The number of carbonyl (C=O) groups excluding carboxylic acids is 1. The van der Waals surface area contributed by atoms with Crippen molar-refractivity contribution in [2.45, 2.75) is 20.8 Å². The van der Waals surface area contributed by atoms with Gasteiger partial charge in [-0.25, -0.2) is 0 Å². The van der Waals surface area contributed by atoms with Crippen molar-refractivity contribution in [3.63, 3.8) is 0 Å². The van der Waals surface area contributed by atoms with Gasteiger partial charge in [0.05, 0.1) is 10.5 Å². The average molecular weight is 363 g/mol. The fraction of sp³-hybridized carbons (Fsp3) is 0.238. The molecule has 0 unspecified atom stereocenters. The Bertz CT molecular complexity index is 935. The first-order chi connectivity index (χ1) is 12.6. The lowest BCUT2D eigenvalue weighted by Gasteiger charge is -2.19. The molecule has 0 saturated heterocycles. The molecule has 2 rings (SSSR count). The molecule has 0 atom stereocenters. The molecule has 0 radical (unpaired) electrons. The van der Waals surface area contributed by atoms with Crippen LogP contribution in [-0.2, 0) is 4.79 Å². The Labute approximate surface area is 158 Å². The molecule has 0 amide bonds. The number of allylic oxidation sites excluding steroid dienone is 1. The summed E-state index contributed by atoms with van der Waals surface area (Å²) in [6.45, 7) is 5.17. The molecule has 0 bridgehead atoms. The highest BCUT2D eigenvalue weighted by molar-refractivity contribution is 6.06. The number of rotatable bonds is 5. The van der Waals surface area contributed by atoms with E-state index in [1.54, 1.807) is 44.9 Å². The maximum atomic E-state index is 12.3. The summed E-state index contributed by atoms with van der Waals surface area (Å²) >= 11 is 0. The van der Waals surface area contributed by atoms with Gasteiger partial charge in [0, 0.05) is 24.2 Å². The van der Waals surface area contributed by atoms with E-state index in [1.807, 2.05) is 36.4 Å². The van der Waals surface area contributed by atoms with Crippen molar-refractivity contribution >= 4 is 28.9 Å². The smallest absolute Gasteiger partial charge is 0.293 e. The van der Waals surface area contributed by atoms with Crippen LogP contribution >= 0.6 is 0 Å². The van der Waals surface area contributed by atoms with Gasteiger partial charge in [0.1, 0.15) is 11.8 Å². The third-order valence-electron chi connectivity index (χ3n) is 4.06. The minimum atomic E-state index is -0.707. The van der Waals surface area contributed by atoms with E-state index in [4.69, 9.17) is 0 Å². The van der Waals surface area contributed by atoms with Crippen LogP contribution in [0.5, 0.6) is 0 Å². The van der Waals surface area contributed by atoms with Gasteiger partial charge in [-0.05, 0) is 29.8 Å². The number of anilines is 2. The predicted octanol–water partition coefficient (Wildman–Crippen LogP) is 4.88. The molecule has 138 valence electrons. The molecule has 0 aliphatic carbocycles. The Balaban J connectivity index is 2.50. The van der Waals surface area contributed by atoms with Crippen molar-refractivity contribution in [1.82, 2.24) is 0 Å². The van der Waals surface area contributed by atoms with Gasteiger partial charge >= 0.3 is 0 Å². The second-order valence-electron chi connectivity index (χ2n) is 7.15. The van der Waals surface area contributed by atoms with Crippen molar-refractivity contribution in [2.24, 2.45) is 5.41 Å². The number of hydrogen-bond donors (Lipinski definition) is 0. The Kier molecular flexibility index (Phi) is 5.76. The molecule has 0 spiro atoms. The molecule has 0 aliphatic rings. The van der Waals surface area contributed by atoms with Crippen LogP contribution in [0.4, 0.5) is 17.1 Å². The van der Waals surface area contributed by atoms with Crippen LogP contribution < -0.4 is 4.90 Å². The van der Waals surface area contributed by atoms with Crippen LogP contribution in [0, 0.1) is 26.9 Å². The number of ketones is 1. The standard InChI is InChI=1S/C21H21N3O3/c1-21(2,3)20(25)16(14-22)12-15-10-11-18(19(13-15)24(26)27)23(4)17-8-6-5-7-9-17/h5-13H,1-4H3/b16-12+. The molecule has 6 heteroatoms. The highest BCUT2D eigenvalue weighted by atomic mass is 16.6. The molecule has 27 heavy (non-hydrogen) atoms. The monoisotopic (exact) mass is 363 g/mol.